The largest absolute Gasteiger partial charge is 0.493 e. The number of ether oxygens (including phenoxy) is 2. The van der Waals surface area contributed by atoms with Crippen molar-refractivity contribution in [3.8, 4) is 11.5 Å². The zero-order chi connectivity index (χ0) is 16.9. The van der Waals surface area contributed by atoms with Crippen molar-refractivity contribution in [2.75, 3.05) is 12.4 Å². The minimum absolute atomic E-state index is 0.263. The van der Waals surface area contributed by atoms with Crippen LogP contribution in [0.4, 0.5) is 5.69 Å². The number of para-hydroxylation sites is 1. The van der Waals surface area contributed by atoms with Gasteiger partial charge in [-0.1, -0.05) is 36.0 Å². The summed E-state index contributed by atoms with van der Waals surface area (Å²) in [5.41, 5.74) is 1.66. The molecule has 1 fully saturated rings. The Morgan fingerprint density at radius 3 is 2.58 bits per heavy atom. The highest BCUT2D eigenvalue weighted by Gasteiger charge is 2.19. The van der Waals surface area contributed by atoms with Gasteiger partial charge in [-0.3, -0.25) is 0 Å². The molecule has 3 nitrogen and oxygen atoms in total. The predicted molar refractivity (Wildman–Crippen MR) is 103 cm³/mol. The van der Waals surface area contributed by atoms with Crippen molar-refractivity contribution in [3.05, 3.63) is 53.1 Å². The third-order valence-corrected chi connectivity index (χ3v) is 4.81. The average Bonchev–Trinajstić information content (AvgIpc) is 3.10. The van der Waals surface area contributed by atoms with Gasteiger partial charge in [0.2, 0.25) is 0 Å². The molecule has 1 N–H and O–H groups in total. The number of anilines is 1. The van der Waals surface area contributed by atoms with Crippen molar-refractivity contribution in [2.45, 2.75) is 31.8 Å². The summed E-state index contributed by atoms with van der Waals surface area (Å²) in [4.78, 5) is 0.599. The van der Waals surface area contributed by atoms with Gasteiger partial charge in [0, 0.05) is 5.56 Å². The third-order valence-electron chi connectivity index (χ3n) is 4.14. The summed E-state index contributed by atoms with van der Waals surface area (Å²) >= 11 is 11.7. The first kappa shape index (κ1) is 17.1. The highest BCUT2D eigenvalue weighted by Crippen LogP contribution is 2.33. The third kappa shape index (κ3) is 4.00. The molecule has 0 spiro atoms. The van der Waals surface area contributed by atoms with E-state index in [9.17, 15) is 0 Å². The molecule has 126 valence electrons. The molecular weight excluding hydrogens is 342 g/mol. The summed E-state index contributed by atoms with van der Waals surface area (Å²) in [5, 5.41) is 3.82. The summed E-state index contributed by atoms with van der Waals surface area (Å²) in [7, 11) is 1.65. The molecule has 1 saturated carbocycles. The van der Waals surface area contributed by atoms with Crippen LogP contribution in [0.5, 0.6) is 11.5 Å². The molecule has 0 amide bonds. The number of benzene rings is 2. The van der Waals surface area contributed by atoms with Crippen molar-refractivity contribution in [2.24, 2.45) is 0 Å². The van der Waals surface area contributed by atoms with E-state index in [0.717, 1.165) is 35.6 Å². The minimum atomic E-state index is 0.263. The van der Waals surface area contributed by atoms with Crippen molar-refractivity contribution in [3.63, 3.8) is 0 Å². The fourth-order valence-electron chi connectivity index (χ4n) is 2.85. The van der Waals surface area contributed by atoms with Crippen LogP contribution in [0.3, 0.4) is 0 Å². The summed E-state index contributed by atoms with van der Waals surface area (Å²) in [6.07, 6.45) is 4.89. The lowest BCUT2D eigenvalue weighted by Gasteiger charge is -2.17. The molecule has 24 heavy (non-hydrogen) atoms. The number of hydrogen-bond donors (Lipinski definition) is 1. The van der Waals surface area contributed by atoms with Crippen LogP contribution in [0, 0.1) is 0 Å². The van der Waals surface area contributed by atoms with Gasteiger partial charge in [0.05, 0.1) is 23.9 Å². The minimum Gasteiger partial charge on any atom is -0.493 e. The quantitative estimate of drug-likeness (QED) is 0.716. The van der Waals surface area contributed by atoms with E-state index in [1.165, 1.54) is 12.8 Å². The lowest BCUT2D eigenvalue weighted by Crippen LogP contribution is -2.14. The van der Waals surface area contributed by atoms with E-state index in [2.05, 4.69) is 5.32 Å². The number of thiocarbonyl (C=S) groups is 1. The Kier molecular flexibility index (Phi) is 5.59. The summed E-state index contributed by atoms with van der Waals surface area (Å²) in [6.45, 7) is 0. The first-order valence-corrected chi connectivity index (χ1v) is 8.86. The SMILES string of the molecule is COc1ccc(C(=S)Nc2ccccc2Cl)cc1OC1CCCC1. The lowest BCUT2D eigenvalue weighted by atomic mass is 10.2. The molecule has 3 rings (SSSR count). The molecule has 0 aliphatic heterocycles. The van der Waals surface area contributed by atoms with Crippen LogP contribution in [0.2, 0.25) is 5.02 Å². The van der Waals surface area contributed by atoms with Crippen molar-refractivity contribution in [1.29, 1.82) is 0 Å². The van der Waals surface area contributed by atoms with Crippen LogP contribution < -0.4 is 14.8 Å². The number of halogens is 1. The van der Waals surface area contributed by atoms with Crippen LogP contribution in [0.25, 0.3) is 0 Å². The predicted octanol–water partition coefficient (Wildman–Crippen LogP) is 5.46. The van der Waals surface area contributed by atoms with Gasteiger partial charge in [-0.15, -0.1) is 0 Å². The highest BCUT2D eigenvalue weighted by atomic mass is 35.5. The number of hydrogen-bond acceptors (Lipinski definition) is 3. The first-order chi connectivity index (χ1) is 11.7. The smallest absolute Gasteiger partial charge is 0.162 e. The molecule has 0 bridgehead atoms. The summed E-state index contributed by atoms with van der Waals surface area (Å²) in [6, 6.07) is 13.3. The van der Waals surface area contributed by atoms with E-state index in [1.54, 1.807) is 7.11 Å². The molecular formula is C19H20ClNO2S. The number of methoxy groups -OCH3 is 1. The van der Waals surface area contributed by atoms with Crippen LogP contribution in [0.1, 0.15) is 31.2 Å². The Labute approximate surface area is 152 Å². The lowest BCUT2D eigenvalue weighted by molar-refractivity contribution is 0.201. The van der Waals surface area contributed by atoms with Gasteiger partial charge in [-0.2, -0.15) is 0 Å². The molecule has 2 aromatic rings. The van der Waals surface area contributed by atoms with Crippen LogP contribution in [-0.2, 0) is 0 Å². The zero-order valence-corrected chi connectivity index (χ0v) is 15.1. The second kappa shape index (κ2) is 7.86. The average molecular weight is 362 g/mol. The van der Waals surface area contributed by atoms with Gasteiger partial charge in [0.25, 0.3) is 0 Å². The number of rotatable bonds is 5. The van der Waals surface area contributed by atoms with Crippen molar-refractivity contribution in [1.82, 2.24) is 0 Å². The zero-order valence-electron chi connectivity index (χ0n) is 13.5. The van der Waals surface area contributed by atoms with E-state index in [0.29, 0.717) is 10.0 Å². The fraction of sp³-hybridized carbons (Fsp3) is 0.316. The Hall–Kier alpha value is -1.78. The van der Waals surface area contributed by atoms with Crippen LogP contribution in [-0.4, -0.2) is 18.2 Å². The monoisotopic (exact) mass is 361 g/mol. The van der Waals surface area contributed by atoms with E-state index in [-0.39, 0.29) is 6.10 Å². The molecule has 0 heterocycles. The van der Waals surface area contributed by atoms with Gasteiger partial charge in [-0.05, 0) is 56.0 Å². The second-order valence-electron chi connectivity index (χ2n) is 5.82. The summed E-state index contributed by atoms with van der Waals surface area (Å²) < 4.78 is 11.5. The topological polar surface area (TPSA) is 30.5 Å². The Morgan fingerprint density at radius 1 is 1.12 bits per heavy atom. The molecule has 5 heteroatoms. The molecule has 0 saturated heterocycles. The van der Waals surface area contributed by atoms with Crippen LogP contribution >= 0.6 is 23.8 Å². The Morgan fingerprint density at radius 2 is 1.88 bits per heavy atom. The molecule has 0 atom stereocenters. The van der Waals surface area contributed by atoms with Crippen molar-refractivity contribution >= 4 is 34.5 Å². The highest BCUT2D eigenvalue weighted by molar-refractivity contribution is 7.81. The maximum atomic E-state index is 6.18. The Bertz CT molecular complexity index is 729. The molecule has 1 aliphatic carbocycles. The van der Waals surface area contributed by atoms with Crippen LogP contribution in [0.15, 0.2) is 42.5 Å². The van der Waals surface area contributed by atoms with E-state index in [1.807, 2.05) is 42.5 Å². The van der Waals surface area contributed by atoms with E-state index in [4.69, 9.17) is 33.3 Å². The fourth-order valence-corrected chi connectivity index (χ4v) is 3.27. The molecule has 0 unspecified atom stereocenters. The first-order valence-electron chi connectivity index (χ1n) is 8.08. The van der Waals surface area contributed by atoms with Gasteiger partial charge in [0.1, 0.15) is 4.99 Å². The van der Waals surface area contributed by atoms with Gasteiger partial charge < -0.3 is 14.8 Å². The van der Waals surface area contributed by atoms with Gasteiger partial charge >= 0.3 is 0 Å². The number of nitrogens with one attached hydrogen (secondary N) is 1. The second-order valence-corrected chi connectivity index (χ2v) is 6.64. The van der Waals surface area contributed by atoms with E-state index >= 15 is 0 Å². The standard InChI is InChI=1S/C19H20ClNO2S/c1-22-17-11-10-13(12-18(17)23-14-6-2-3-7-14)19(24)21-16-9-5-4-8-15(16)20/h4-5,8-12,14H,2-3,6-7H2,1H3,(H,21,24). The maximum absolute atomic E-state index is 6.18. The molecule has 0 aromatic heterocycles. The molecule has 0 radical (unpaired) electrons. The Balaban J connectivity index is 1.79. The van der Waals surface area contributed by atoms with Gasteiger partial charge in [0.15, 0.2) is 11.5 Å². The normalized spacial score (nSPS) is 14.4. The van der Waals surface area contributed by atoms with Gasteiger partial charge in [-0.25, -0.2) is 0 Å². The van der Waals surface area contributed by atoms with Crippen molar-refractivity contribution < 1.29 is 9.47 Å². The molecule has 1 aliphatic rings. The summed E-state index contributed by atoms with van der Waals surface area (Å²) in [5.74, 6) is 1.47. The molecule has 2 aromatic carbocycles. The van der Waals surface area contributed by atoms with E-state index < -0.39 is 0 Å². The maximum Gasteiger partial charge on any atom is 0.162 e.